The van der Waals surface area contributed by atoms with Gasteiger partial charge in [0, 0.05) is 13.2 Å². The van der Waals surface area contributed by atoms with Gasteiger partial charge in [0.15, 0.2) is 6.61 Å². The Balaban J connectivity index is 1.35. The first kappa shape index (κ1) is 30.5. The molecule has 3 aromatic rings. The summed E-state index contributed by atoms with van der Waals surface area (Å²) < 4.78 is 44.8. The maximum atomic E-state index is 13.6. The number of ether oxygens (including phenoxy) is 3. The lowest BCUT2D eigenvalue weighted by Gasteiger charge is -2.25. The van der Waals surface area contributed by atoms with Gasteiger partial charge in [0.05, 0.1) is 29.5 Å². The molecule has 1 saturated heterocycles. The van der Waals surface area contributed by atoms with E-state index in [2.05, 4.69) is 15.8 Å². The quantitative estimate of drug-likeness (QED) is 0.216. The van der Waals surface area contributed by atoms with E-state index < -0.39 is 22.5 Å². The molecule has 0 spiro atoms. The zero-order valence-electron chi connectivity index (χ0n) is 23.3. The average molecular weight is 595 g/mol. The second kappa shape index (κ2) is 15.0. The number of anilines is 1. The van der Waals surface area contributed by atoms with Crippen molar-refractivity contribution < 1.29 is 32.2 Å². The van der Waals surface area contributed by atoms with Gasteiger partial charge in [-0.2, -0.15) is 5.10 Å². The van der Waals surface area contributed by atoms with Crippen LogP contribution >= 0.6 is 0 Å². The molecule has 3 aromatic carbocycles. The number of hydrogen-bond acceptors (Lipinski definition) is 8. The number of carbonyl (C=O) groups excluding carboxylic acids is 2. The van der Waals surface area contributed by atoms with E-state index in [4.69, 9.17) is 14.2 Å². The highest BCUT2D eigenvalue weighted by molar-refractivity contribution is 7.92. The third-order valence-electron chi connectivity index (χ3n) is 6.26. The Bertz CT molecular complexity index is 1460. The molecule has 4 rings (SSSR count). The maximum Gasteiger partial charge on any atom is 0.264 e. The minimum Gasteiger partial charge on any atom is -0.492 e. The lowest BCUT2D eigenvalue weighted by atomic mass is 10.2. The van der Waals surface area contributed by atoms with Gasteiger partial charge in [-0.3, -0.25) is 13.9 Å². The molecule has 11 nitrogen and oxygen atoms in total. The molecule has 0 aliphatic carbocycles. The van der Waals surface area contributed by atoms with E-state index in [-0.39, 0.29) is 29.2 Å². The van der Waals surface area contributed by atoms with Crippen molar-refractivity contribution in [3.05, 3.63) is 84.4 Å². The van der Waals surface area contributed by atoms with Crippen LogP contribution in [0.3, 0.4) is 0 Å². The fraction of sp³-hybridized carbons (Fsp3) is 0.300. The monoisotopic (exact) mass is 594 g/mol. The maximum absolute atomic E-state index is 13.6. The van der Waals surface area contributed by atoms with Crippen molar-refractivity contribution in [2.24, 2.45) is 5.10 Å². The van der Waals surface area contributed by atoms with E-state index >= 15 is 0 Å². The first-order valence-corrected chi connectivity index (χ1v) is 15.0. The van der Waals surface area contributed by atoms with Gasteiger partial charge in [0.1, 0.15) is 18.0 Å². The van der Waals surface area contributed by atoms with Gasteiger partial charge in [-0.25, -0.2) is 13.8 Å². The number of rotatable bonds is 14. The van der Waals surface area contributed by atoms with Gasteiger partial charge >= 0.3 is 0 Å². The van der Waals surface area contributed by atoms with Crippen molar-refractivity contribution in [1.29, 1.82) is 0 Å². The summed E-state index contributed by atoms with van der Waals surface area (Å²) in [6.45, 7) is 2.66. The summed E-state index contributed by atoms with van der Waals surface area (Å²) in [5.74, 6) is -0.0475. The molecule has 12 heteroatoms. The molecule has 1 aliphatic rings. The predicted octanol–water partition coefficient (Wildman–Crippen LogP) is 3.10. The van der Waals surface area contributed by atoms with Crippen molar-refractivity contribution >= 4 is 33.7 Å². The van der Waals surface area contributed by atoms with Gasteiger partial charge < -0.3 is 19.5 Å². The first-order valence-electron chi connectivity index (χ1n) is 13.6. The number of hydrazone groups is 1. The molecule has 2 N–H and O–H groups in total. The molecular weight excluding hydrogens is 560 g/mol. The Kier molecular flexibility index (Phi) is 10.9. The highest BCUT2D eigenvalue weighted by Crippen LogP contribution is 2.32. The molecular formula is C30H34N4O7S. The van der Waals surface area contributed by atoms with Crippen LogP contribution in [-0.2, 0) is 24.3 Å². The Morgan fingerprint density at radius 1 is 1.00 bits per heavy atom. The van der Waals surface area contributed by atoms with Gasteiger partial charge in [0.25, 0.3) is 21.8 Å². The van der Waals surface area contributed by atoms with Crippen molar-refractivity contribution in [3.63, 3.8) is 0 Å². The number of benzene rings is 3. The van der Waals surface area contributed by atoms with Crippen LogP contribution in [0.15, 0.2) is 88.9 Å². The van der Waals surface area contributed by atoms with Crippen molar-refractivity contribution in [2.75, 3.05) is 37.2 Å². The van der Waals surface area contributed by atoms with Gasteiger partial charge in [-0.1, -0.05) is 30.3 Å². The molecule has 1 heterocycles. The Morgan fingerprint density at radius 3 is 2.45 bits per heavy atom. The first-order chi connectivity index (χ1) is 20.4. The minimum atomic E-state index is -4.10. The summed E-state index contributed by atoms with van der Waals surface area (Å²) in [4.78, 5) is 24.9. The number of carbonyl (C=O) groups is 2. The van der Waals surface area contributed by atoms with Crippen molar-refractivity contribution in [1.82, 2.24) is 10.7 Å². The fourth-order valence-corrected chi connectivity index (χ4v) is 5.64. The molecule has 0 aromatic heterocycles. The summed E-state index contributed by atoms with van der Waals surface area (Å²) in [6, 6.07) is 21.3. The number of amides is 2. The molecule has 2 amide bonds. The number of hydrogen-bond donors (Lipinski definition) is 2. The summed E-state index contributed by atoms with van der Waals surface area (Å²) in [7, 11) is -4.10. The van der Waals surface area contributed by atoms with Gasteiger partial charge in [-0.05, 0) is 73.9 Å². The summed E-state index contributed by atoms with van der Waals surface area (Å²) in [5, 5.41) is 6.77. The highest BCUT2D eigenvalue weighted by atomic mass is 32.2. The molecule has 42 heavy (non-hydrogen) atoms. The van der Waals surface area contributed by atoms with Gasteiger partial charge in [0.2, 0.25) is 0 Å². The summed E-state index contributed by atoms with van der Waals surface area (Å²) in [5.41, 5.74) is 3.28. The normalized spacial score (nSPS) is 14.8. The van der Waals surface area contributed by atoms with E-state index in [1.54, 1.807) is 73.7 Å². The highest BCUT2D eigenvalue weighted by Gasteiger charge is 2.29. The van der Waals surface area contributed by atoms with E-state index in [1.165, 1.54) is 18.3 Å². The average Bonchev–Trinajstić information content (AvgIpc) is 3.53. The molecule has 1 fully saturated rings. The van der Waals surface area contributed by atoms with Crippen LogP contribution < -0.4 is 24.5 Å². The molecule has 1 aliphatic heterocycles. The lowest BCUT2D eigenvalue weighted by Crippen LogP contribution is -2.39. The van der Waals surface area contributed by atoms with E-state index in [1.807, 2.05) is 0 Å². The Morgan fingerprint density at radius 2 is 1.74 bits per heavy atom. The predicted molar refractivity (Wildman–Crippen MR) is 158 cm³/mol. The number of nitrogens with zero attached hydrogens (tertiary/aromatic N) is 2. The number of sulfonamides is 1. The number of para-hydroxylation sites is 2. The van der Waals surface area contributed by atoms with Crippen LogP contribution in [-0.4, -0.2) is 65.5 Å². The number of nitrogens with one attached hydrogen (secondary N) is 2. The molecule has 0 unspecified atom stereocenters. The van der Waals surface area contributed by atoms with E-state index in [9.17, 15) is 18.0 Å². The standard InChI is InChI=1S/C30H34N4O7S/c1-2-39-28-13-7-6-12-27(28)34(42(37,38)26-10-4-3-5-11-26)21-29(35)33-32-19-23-14-16-24(17-15-23)41-22-30(36)31-20-25-9-8-18-40-25/h3-7,10-17,19,25H,2,8-9,18,20-22H2,1H3,(H,31,36)(H,33,35)/b32-19-/t25-/m0/s1. The zero-order chi connectivity index (χ0) is 29.8. The smallest absolute Gasteiger partial charge is 0.264 e. The third kappa shape index (κ3) is 8.54. The minimum absolute atomic E-state index is 0.0372. The third-order valence-corrected chi connectivity index (χ3v) is 8.03. The largest absolute Gasteiger partial charge is 0.492 e. The molecule has 222 valence electrons. The van der Waals surface area contributed by atoms with E-state index in [0.29, 0.717) is 30.2 Å². The molecule has 0 radical (unpaired) electrons. The topological polar surface area (TPSA) is 136 Å². The van der Waals surface area contributed by atoms with Crippen molar-refractivity contribution in [2.45, 2.75) is 30.8 Å². The van der Waals surface area contributed by atoms with Gasteiger partial charge in [-0.15, -0.1) is 0 Å². The van der Waals surface area contributed by atoms with E-state index in [0.717, 1.165) is 23.8 Å². The van der Waals surface area contributed by atoms with Crippen molar-refractivity contribution in [3.8, 4) is 11.5 Å². The molecule has 0 saturated carbocycles. The van der Waals surface area contributed by atoms with Crippen LogP contribution in [0.4, 0.5) is 5.69 Å². The second-order valence-electron chi connectivity index (χ2n) is 9.32. The van der Waals surface area contributed by atoms with Crippen LogP contribution in [0.2, 0.25) is 0 Å². The summed E-state index contributed by atoms with van der Waals surface area (Å²) in [6.07, 6.45) is 3.43. The zero-order valence-corrected chi connectivity index (χ0v) is 24.1. The fourth-order valence-electron chi connectivity index (χ4n) is 4.19. The summed E-state index contributed by atoms with van der Waals surface area (Å²) >= 11 is 0. The molecule has 1 atom stereocenters. The van der Waals surface area contributed by atoms with Crippen LogP contribution in [0.5, 0.6) is 11.5 Å². The SMILES string of the molecule is CCOc1ccccc1N(CC(=O)N/N=C\c1ccc(OCC(=O)NC[C@@H]2CCCO2)cc1)S(=O)(=O)c1ccccc1. The second-order valence-corrected chi connectivity index (χ2v) is 11.2. The molecule has 0 bridgehead atoms. The van der Waals surface area contributed by atoms with Crippen LogP contribution in [0.1, 0.15) is 25.3 Å². The lowest BCUT2D eigenvalue weighted by molar-refractivity contribution is -0.123. The Labute approximate surface area is 245 Å². The van der Waals surface area contributed by atoms with Crippen LogP contribution in [0, 0.1) is 0 Å². The van der Waals surface area contributed by atoms with Crippen LogP contribution in [0.25, 0.3) is 0 Å². The Hall–Kier alpha value is -4.42.